The van der Waals surface area contributed by atoms with Crippen LogP contribution in [0.4, 0.5) is 5.69 Å². The molecule has 8 heteroatoms. The van der Waals surface area contributed by atoms with Crippen LogP contribution < -0.4 is 19.4 Å². The van der Waals surface area contributed by atoms with E-state index in [0.29, 0.717) is 19.5 Å². The number of amides is 1. The van der Waals surface area contributed by atoms with Gasteiger partial charge in [-0.3, -0.25) is 4.79 Å². The molecule has 1 aliphatic rings. The standard InChI is InChI=1S/C43H41N5O2S/c1-28-35-27-47(22-18-32(35)29(2)43-42(28)34-26-31(49)15-16-36(34)45-43)21-10-4-9-20-44-40(50)19-24-48-23-17-30(33-11-5-6-12-37(33)48)25-41-46(3)38-13-7-8-14-39(38)51-41/h5-8,11-18,22-23,25-27H,4,9-10,19-21,24H2,1-3H3,(H-,44,49,50)/p+2. The number of benzene rings is 4. The first-order chi connectivity index (χ1) is 24.9. The summed E-state index contributed by atoms with van der Waals surface area (Å²) in [5.74, 6) is 0.372. The molecule has 0 aliphatic carbocycles. The lowest BCUT2D eigenvalue weighted by atomic mass is 9.97. The van der Waals surface area contributed by atoms with Gasteiger partial charge in [-0.05, 0) is 91.2 Å². The molecule has 0 unspecified atom stereocenters. The van der Waals surface area contributed by atoms with Crippen LogP contribution in [0, 0.1) is 13.8 Å². The highest BCUT2D eigenvalue weighted by molar-refractivity contribution is 8.03. The van der Waals surface area contributed by atoms with Crippen LogP contribution >= 0.6 is 11.8 Å². The fourth-order valence-electron chi connectivity index (χ4n) is 7.57. The lowest BCUT2D eigenvalue weighted by Gasteiger charge is -2.13. The molecule has 7 nitrogen and oxygen atoms in total. The molecule has 0 fully saturated rings. The van der Waals surface area contributed by atoms with Gasteiger partial charge in [0.15, 0.2) is 25.1 Å². The topological polar surface area (TPSA) is 76.1 Å². The quantitative estimate of drug-likeness (QED) is 0.0993. The van der Waals surface area contributed by atoms with Gasteiger partial charge in [-0.2, -0.15) is 4.57 Å². The molecule has 1 aliphatic heterocycles. The summed E-state index contributed by atoms with van der Waals surface area (Å²) in [5, 5.41) is 20.4. The molecule has 3 aromatic heterocycles. The van der Waals surface area contributed by atoms with E-state index in [2.05, 4.69) is 131 Å². The first-order valence-corrected chi connectivity index (χ1v) is 18.6. The number of carbonyl (C=O) groups excluding carboxylic acids is 1. The number of nitrogens with zero attached hydrogens (tertiary/aromatic N) is 3. The largest absolute Gasteiger partial charge is 0.508 e. The van der Waals surface area contributed by atoms with Crippen molar-refractivity contribution >= 4 is 72.9 Å². The number of rotatable bonds is 10. The number of hydrogen-bond donors (Lipinski definition) is 3. The van der Waals surface area contributed by atoms with E-state index in [1.54, 1.807) is 17.8 Å². The number of pyridine rings is 2. The predicted octanol–water partition coefficient (Wildman–Crippen LogP) is 8.44. The van der Waals surface area contributed by atoms with Gasteiger partial charge in [-0.1, -0.05) is 36.0 Å². The number of nitrogens with one attached hydrogen (secondary N) is 2. The zero-order valence-corrected chi connectivity index (χ0v) is 30.2. The summed E-state index contributed by atoms with van der Waals surface area (Å²) < 4.78 is 4.47. The number of fused-ring (bicyclic) bond motifs is 6. The molecule has 7 aromatic rings. The van der Waals surface area contributed by atoms with Gasteiger partial charge in [-0.25, -0.2) is 4.57 Å². The normalized spacial score (nSPS) is 13.6. The zero-order chi connectivity index (χ0) is 35.1. The third kappa shape index (κ3) is 6.29. The summed E-state index contributed by atoms with van der Waals surface area (Å²) in [7, 11) is 2.12. The highest BCUT2D eigenvalue weighted by Gasteiger charge is 2.22. The van der Waals surface area contributed by atoms with Gasteiger partial charge < -0.3 is 20.3 Å². The van der Waals surface area contributed by atoms with Gasteiger partial charge in [0.2, 0.25) is 11.4 Å². The first kappa shape index (κ1) is 32.8. The Labute approximate surface area is 302 Å². The molecule has 256 valence electrons. The predicted molar refractivity (Wildman–Crippen MR) is 209 cm³/mol. The third-order valence-electron chi connectivity index (χ3n) is 10.4. The minimum absolute atomic E-state index is 0.0891. The number of phenolic OH excluding ortho intramolecular Hbond substituents is 1. The second-order valence-corrected chi connectivity index (χ2v) is 14.7. The molecule has 51 heavy (non-hydrogen) atoms. The summed E-state index contributed by atoms with van der Waals surface area (Å²) >= 11 is 1.80. The summed E-state index contributed by atoms with van der Waals surface area (Å²) in [6, 6.07) is 26.9. The van der Waals surface area contributed by atoms with Crippen LogP contribution in [-0.4, -0.2) is 29.6 Å². The van der Waals surface area contributed by atoms with Crippen molar-refractivity contribution in [3.05, 3.63) is 119 Å². The molecular weight excluding hydrogens is 651 g/mol. The maximum absolute atomic E-state index is 12.8. The Bertz CT molecular complexity index is 2500. The Balaban J connectivity index is 0.845. The SMILES string of the molecule is Cc1c2cc[n+](CCCCCNC(=O)CC[n+]3ccc(/C=C4/Sc5ccccc5N4C)c4ccccc43)cc2c(C)c2c1[nH]c1ccc(O)cc12. The number of carbonyl (C=O) groups is 1. The Morgan fingerprint density at radius 3 is 2.61 bits per heavy atom. The third-order valence-corrected chi connectivity index (χ3v) is 11.5. The molecule has 1 amide bonds. The van der Waals surface area contributed by atoms with E-state index >= 15 is 0 Å². The monoisotopic (exact) mass is 693 g/mol. The number of aromatic nitrogens is 3. The number of aromatic amines is 1. The lowest BCUT2D eigenvalue weighted by molar-refractivity contribution is -0.696. The van der Waals surface area contributed by atoms with E-state index in [9.17, 15) is 9.90 Å². The van der Waals surface area contributed by atoms with Crippen LogP contribution in [0.3, 0.4) is 0 Å². The average molecular weight is 694 g/mol. The van der Waals surface area contributed by atoms with Gasteiger partial charge in [0, 0.05) is 64.8 Å². The maximum Gasteiger partial charge on any atom is 0.226 e. The Kier molecular flexibility index (Phi) is 8.86. The van der Waals surface area contributed by atoms with Crippen molar-refractivity contribution in [2.45, 2.75) is 57.5 Å². The van der Waals surface area contributed by atoms with Crippen LogP contribution in [-0.2, 0) is 17.9 Å². The fraction of sp³-hybridized carbons (Fsp3) is 0.233. The van der Waals surface area contributed by atoms with Crippen molar-refractivity contribution in [3.63, 3.8) is 0 Å². The van der Waals surface area contributed by atoms with Crippen molar-refractivity contribution in [2.75, 3.05) is 18.5 Å². The minimum atomic E-state index is 0.0891. The molecule has 3 N–H and O–H groups in total. The van der Waals surface area contributed by atoms with Crippen LogP contribution in [0.5, 0.6) is 5.75 Å². The Morgan fingerprint density at radius 2 is 1.73 bits per heavy atom. The minimum Gasteiger partial charge on any atom is -0.508 e. The number of phenols is 1. The molecule has 4 aromatic carbocycles. The van der Waals surface area contributed by atoms with E-state index in [1.165, 1.54) is 53.8 Å². The first-order valence-electron chi connectivity index (χ1n) is 17.8. The number of hydrogen-bond acceptors (Lipinski definition) is 4. The van der Waals surface area contributed by atoms with Gasteiger partial charge in [0.25, 0.3) is 0 Å². The molecular formula is C43H43N5O2S+2. The molecule has 0 saturated carbocycles. The van der Waals surface area contributed by atoms with Crippen molar-refractivity contribution in [3.8, 4) is 5.75 Å². The number of para-hydroxylation sites is 2. The van der Waals surface area contributed by atoms with E-state index in [4.69, 9.17) is 0 Å². The fourth-order valence-corrected chi connectivity index (χ4v) is 8.67. The zero-order valence-electron chi connectivity index (χ0n) is 29.4. The van der Waals surface area contributed by atoms with Crippen LogP contribution in [0.25, 0.3) is 49.6 Å². The lowest BCUT2D eigenvalue weighted by Crippen LogP contribution is -2.37. The second kappa shape index (κ2) is 13.8. The number of anilines is 1. The molecule has 0 atom stereocenters. The van der Waals surface area contributed by atoms with Crippen LogP contribution in [0.2, 0.25) is 0 Å². The summed E-state index contributed by atoms with van der Waals surface area (Å²) in [4.78, 5) is 19.9. The number of unbranched alkanes of at least 4 members (excludes halogenated alkanes) is 2. The van der Waals surface area contributed by atoms with Crippen LogP contribution in [0.15, 0.2) is 107 Å². The van der Waals surface area contributed by atoms with Gasteiger partial charge in [0.1, 0.15) is 12.3 Å². The molecule has 0 saturated heterocycles. The smallest absolute Gasteiger partial charge is 0.226 e. The Morgan fingerprint density at radius 1 is 0.882 bits per heavy atom. The number of H-pyrrole nitrogens is 1. The van der Waals surface area contributed by atoms with E-state index < -0.39 is 0 Å². The molecule has 0 spiro atoms. The molecule has 0 bridgehead atoms. The summed E-state index contributed by atoms with van der Waals surface area (Å²) in [6.45, 7) is 6.59. The van der Waals surface area contributed by atoms with Crippen molar-refractivity contribution < 1.29 is 19.0 Å². The molecule has 4 heterocycles. The summed E-state index contributed by atoms with van der Waals surface area (Å²) in [5.41, 5.74) is 8.16. The van der Waals surface area contributed by atoms with E-state index in [1.807, 2.05) is 12.1 Å². The number of thioether (sulfide) groups is 1. The second-order valence-electron chi connectivity index (χ2n) is 13.6. The Hall–Kier alpha value is -5.34. The van der Waals surface area contributed by atoms with Gasteiger partial charge in [-0.15, -0.1) is 0 Å². The average Bonchev–Trinajstić information content (AvgIpc) is 3.68. The van der Waals surface area contributed by atoms with Gasteiger partial charge >= 0.3 is 0 Å². The highest BCUT2D eigenvalue weighted by Crippen LogP contribution is 2.45. The molecule has 8 rings (SSSR count). The number of aromatic hydroxyl groups is 1. The summed E-state index contributed by atoms with van der Waals surface area (Å²) in [6.07, 6.45) is 12.3. The van der Waals surface area contributed by atoms with Crippen LogP contribution in [0.1, 0.15) is 42.4 Å². The van der Waals surface area contributed by atoms with Crippen molar-refractivity contribution in [2.24, 2.45) is 0 Å². The molecule has 0 radical (unpaired) electrons. The van der Waals surface area contributed by atoms with E-state index in [-0.39, 0.29) is 11.7 Å². The van der Waals surface area contributed by atoms with Gasteiger partial charge in [0.05, 0.1) is 28.0 Å². The van der Waals surface area contributed by atoms with Crippen molar-refractivity contribution in [1.82, 2.24) is 10.3 Å². The van der Waals surface area contributed by atoms with E-state index in [0.717, 1.165) is 47.7 Å². The maximum atomic E-state index is 12.8. The number of aryl methyl sites for hydroxylation is 4. The van der Waals surface area contributed by atoms with Crippen molar-refractivity contribution in [1.29, 1.82) is 0 Å². The highest BCUT2D eigenvalue weighted by atomic mass is 32.2.